The molecule has 0 spiro atoms. The van der Waals surface area contributed by atoms with Crippen molar-refractivity contribution in [2.75, 3.05) is 31.2 Å². The van der Waals surface area contributed by atoms with Crippen LogP contribution in [0.1, 0.15) is 11.1 Å². The first-order chi connectivity index (χ1) is 9.95. The molecule has 1 aromatic carbocycles. The Labute approximate surface area is 127 Å². The zero-order valence-electron chi connectivity index (χ0n) is 11.7. The van der Waals surface area contributed by atoms with Crippen LogP contribution in [0.25, 0.3) is 0 Å². The quantitative estimate of drug-likeness (QED) is 0.782. The Balaban J connectivity index is 2.42. The standard InChI is InChI=1S/C14H17NO4S2/c1-12-4-5-14(13(11-12)3-2-8-16)21(18,19)15-6-9-20(17)10-7-15/h4-5,11,16H,6-10H2,1H3. The molecule has 1 heterocycles. The number of aliphatic hydroxyl groups excluding tert-OH is 1. The second-order valence-electron chi connectivity index (χ2n) is 4.71. The van der Waals surface area contributed by atoms with Gasteiger partial charge in [-0.2, -0.15) is 4.31 Å². The van der Waals surface area contributed by atoms with E-state index < -0.39 is 20.8 Å². The van der Waals surface area contributed by atoms with Gasteiger partial charge in [0.05, 0.1) is 4.90 Å². The Morgan fingerprint density at radius 2 is 2.00 bits per heavy atom. The Kier molecular flexibility index (Phi) is 5.17. The minimum absolute atomic E-state index is 0.140. The number of hydrogen-bond acceptors (Lipinski definition) is 4. The van der Waals surface area contributed by atoms with Crippen LogP contribution in [0.4, 0.5) is 0 Å². The number of aliphatic hydroxyl groups is 1. The topological polar surface area (TPSA) is 74.7 Å². The van der Waals surface area contributed by atoms with E-state index in [1.807, 2.05) is 6.92 Å². The molecule has 1 saturated heterocycles. The summed E-state index contributed by atoms with van der Waals surface area (Å²) in [5.41, 5.74) is 1.28. The summed E-state index contributed by atoms with van der Waals surface area (Å²) in [6.45, 7) is 2.05. The molecule has 1 fully saturated rings. The molecule has 0 amide bonds. The van der Waals surface area contributed by atoms with Crippen molar-refractivity contribution in [1.29, 1.82) is 0 Å². The van der Waals surface area contributed by atoms with Gasteiger partial charge in [0.15, 0.2) is 0 Å². The van der Waals surface area contributed by atoms with Crippen molar-refractivity contribution < 1.29 is 17.7 Å². The van der Waals surface area contributed by atoms with E-state index in [0.717, 1.165) is 5.56 Å². The third kappa shape index (κ3) is 3.71. The van der Waals surface area contributed by atoms with Gasteiger partial charge in [-0.15, -0.1) is 0 Å². The first-order valence-electron chi connectivity index (χ1n) is 6.50. The lowest BCUT2D eigenvalue weighted by molar-refractivity contribution is 0.350. The molecule has 1 aliphatic rings. The molecular weight excluding hydrogens is 310 g/mol. The van der Waals surface area contributed by atoms with E-state index in [2.05, 4.69) is 11.8 Å². The van der Waals surface area contributed by atoms with Crippen molar-refractivity contribution in [3.05, 3.63) is 29.3 Å². The van der Waals surface area contributed by atoms with Crippen LogP contribution in [0.2, 0.25) is 0 Å². The molecule has 21 heavy (non-hydrogen) atoms. The van der Waals surface area contributed by atoms with E-state index >= 15 is 0 Å². The van der Waals surface area contributed by atoms with Gasteiger partial charge in [0.25, 0.3) is 0 Å². The molecule has 1 aliphatic heterocycles. The van der Waals surface area contributed by atoms with E-state index in [-0.39, 0.29) is 24.6 Å². The van der Waals surface area contributed by atoms with Gasteiger partial charge in [0.1, 0.15) is 6.61 Å². The zero-order chi connectivity index (χ0) is 15.5. The highest BCUT2D eigenvalue weighted by molar-refractivity contribution is 7.89. The van der Waals surface area contributed by atoms with Crippen molar-refractivity contribution >= 4 is 20.8 Å². The second-order valence-corrected chi connectivity index (χ2v) is 8.31. The van der Waals surface area contributed by atoms with Crippen LogP contribution in [-0.4, -0.2) is 53.2 Å². The molecule has 0 radical (unpaired) electrons. The fourth-order valence-electron chi connectivity index (χ4n) is 2.10. The number of rotatable bonds is 2. The van der Waals surface area contributed by atoms with Gasteiger partial charge in [0.2, 0.25) is 10.0 Å². The molecule has 114 valence electrons. The average Bonchev–Trinajstić information content (AvgIpc) is 2.45. The molecular formula is C14H17NO4S2. The summed E-state index contributed by atoms with van der Waals surface area (Å²) in [7, 11) is -4.58. The van der Waals surface area contributed by atoms with Gasteiger partial charge in [-0.05, 0) is 24.6 Å². The maximum absolute atomic E-state index is 12.7. The van der Waals surface area contributed by atoms with E-state index in [4.69, 9.17) is 5.11 Å². The van der Waals surface area contributed by atoms with Gasteiger partial charge in [0, 0.05) is 41.0 Å². The second kappa shape index (κ2) is 6.71. The normalized spacial score (nSPS) is 17.2. The highest BCUT2D eigenvalue weighted by atomic mass is 32.2. The fraction of sp³-hybridized carbons (Fsp3) is 0.429. The molecule has 0 unspecified atom stereocenters. The van der Waals surface area contributed by atoms with Gasteiger partial charge in [-0.1, -0.05) is 17.9 Å². The van der Waals surface area contributed by atoms with Crippen LogP contribution in [0.15, 0.2) is 23.1 Å². The molecule has 0 aliphatic carbocycles. The van der Waals surface area contributed by atoms with Gasteiger partial charge in [-0.25, -0.2) is 8.42 Å². The summed E-state index contributed by atoms with van der Waals surface area (Å²) in [5.74, 6) is 5.91. The molecule has 1 aromatic rings. The lowest BCUT2D eigenvalue weighted by Crippen LogP contribution is -2.41. The van der Waals surface area contributed by atoms with Crippen LogP contribution in [0.3, 0.4) is 0 Å². The fourth-order valence-corrected chi connectivity index (χ4v) is 4.95. The number of aryl methyl sites for hydroxylation is 1. The van der Waals surface area contributed by atoms with E-state index in [0.29, 0.717) is 17.1 Å². The number of benzene rings is 1. The lowest BCUT2D eigenvalue weighted by atomic mass is 10.1. The van der Waals surface area contributed by atoms with Gasteiger partial charge >= 0.3 is 0 Å². The summed E-state index contributed by atoms with van der Waals surface area (Å²) < 4.78 is 38.1. The van der Waals surface area contributed by atoms with Crippen LogP contribution >= 0.6 is 0 Å². The van der Waals surface area contributed by atoms with Crippen molar-refractivity contribution in [2.24, 2.45) is 0 Å². The largest absolute Gasteiger partial charge is 0.384 e. The number of nitrogens with zero attached hydrogens (tertiary/aromatic N) is 1. The first-order valence-corrected chi connectivity index (χ1v) is 9.43. The monoisotopic (exact) mass is 327 g/mol. The third-order valence-electron chi connectivity index (χ3n) is 3.19. The average molecular weight is 327 g/mol. The molecule has 0 atom stereocenters. The van der Waals surface area contributed by atoms with Crippen molar-refractivity contribution in [3.63, 3.8) is 0 Å². The smallest absolute Gasteiger partial charge is 0.244 e. The number of hydrogen-bond donors (Lipinski definition) is 1. The summed E-state index contributed by atoms with van der Waals surface area (Å²) in [6.07, 6.45) is 0. The summed E-state index contributed by atoms with van der Waals surface area (Å²) in [4.78, 5) is 0.140. The van der Waals surface area contributed by atoms with Gasteiger partial charge < -0.3 is 5.11 Å². The molecule has 5 nitrogen and oxygen atoms in total. The third-order valence-corrected chi connectivity index (χ3v) is 6.42. The molecule has 0 bridgehead atoms. The lowest BCUT2D eigenvalue weighted by Gasteiger charge is -2.26. The van der Waals surface area contributed by atoms with E-state index in [1.54, 1.807) is 12.1 Å². The Morgan fingerprint density at radius 1 is 1.33 bits per heavy atom. The SMILES string of the molecule is Cc1ccc(S(=O)(=O)N2CCS(=O)CC2)c(C#CCO)c1. The Hall–Kier alpha value is -1.20. The maximum Gasteiger partial charge on any atom is 0.244 e. The van der Waals surface area contributed by atoms with Crippen molar-refractivity contribution in [2.45, 2.75) is 11.8 Å². The zero-order valence-corrected chi connectivity index (χ0v) is 13.3. The summed E-state index contributed by atoms with van der Waals surface area (Å²) in [5, 5.41) is 8.80. The van der Waals surface area contributed by atoms with Crippen LogP contribution in [0.5, 0.6) is 0 Å². The van der Waals surface area contributed by atoms with Crippen LogP contribution in [-0.2, 0) is 20.8 Å². The minimum Gasteiger partial charge on any atom is -0.384 e. The molecule has 1 N–H and O–H groups in total. The molecule has 0 saturated carbocycles. The molecule has 0 aromatic heterocycles. The number of sulfonamides is 1. The van der Waals surface area contributed by atoms with Gasteiger partial charge in [-0.3, -0.25) is 4.21 Å². The first kappa shape index (κ1) is 16.2. The highest BCUT2D eigenvalue weighted by Gasteiger charge is 2.29. The van der Waals surface area contributed by atoms with Crippen molar-refractivity contribution in [3.8, 4) is 11.8 Å². The van der Waals surface area contributed by atoms with Crippen molar-refractivity contribution in [1.82, 2.24) is 4.31 Å². The predicted octanol–water partition coefficient (Wildman–Crippen LogP) is 0.0918. The van der Waals surface area contributed by atoms with E-state index in [1.165, 1.54) is 10.4 Å². The van der Waals surface area contributed by atoms with E-state index in [9.17, 15) is 12.6 Å². The van der Waals surface area contributed by atoms with Crippen LogP contribution in [0, 0.1) is 18.8 Å². The minimum atomic E-state index is -3.65. The molecule has 7 heteroatoms. The molecule has 2 rings (SSSR count). The Bertz CT molecular complexity index is 706. The Morgan fingerprint density at radius 3 is 2.62 bits per heavy atom. The highest BCUT2D eigenvalue weighted by Crippen LogP contribution is 2.22. The summed E-state index contributed by atoms with van der Waals surface area (Å²) >= 11 is 0. The maximum atomic E-state index is 12.7. The summed E-state index contributed by atoms with van der Waals surface area (Å²) in [6, 6.07) is 4.95. The van der Waals surface area contributed by atoms with Crippen LogP contribution < -0.4 is 0 Å². The predicted molar refractivity (Wildman–Crippen MR) is 81.8 cm³/mol.